The second-order valence-corrected chi connectivity index (χ2v) is 9.80. The average molecular weight is 436 g/mol. The average Bonchev–Trinajstić information content (AvgIpc) is 3.37. The molecule has 0 bridgehead atoms. The predicted octanol–water partition coefficient (Wildman–Crippen LogP) is 4.54. The van der Waals surface area contributed by atoms with Gasteiger partial charge in [-0.15, -0.1) is 0 Å². The van der Waals surface area contributed by atoms with Gasteiger partial charge in [0.05, 0.1) is 11.7 Å². The van der Waals surface area contributed by atoms with Crippen LogP contribution < -0.4 is 5.32 Å². The highest BCUT2D eigenvalue weighted by Gasteiger charge is 2.28. The lowest BCUT2D eigenvalue weighted by Crippen LogP contribution is -2.45. The lowest BCUT2D eigenvalue weighted by Gasteiger charge is -2.30. The van der Waals surface area contributed by atoms with E-state index in [1.807, 2.05) is 37.6 Å². The van der Waals surface area contributed by atoms with Crippen molar-refractivity contribution in [1.82, 2.24) is 25.2 Å². The Balaban J connectivity index is 1.38. The number of nitrogens with one attached hydrogen (secondary N) is 1. The number of rotatable bonds is 7. The van der Waals surface area contributed by atoms with Crippen molar-refractivity contribution in [3.63, 3.8) is 0 Å². The Morgan fingerprint density at radius 1 is 1.09 bits per heavy atom. The van der Waals surface area contributed by atoms with Crippen molar-refractivity contribution in [2.24, 2.45) is 5.92 Å². The van der Waals surface area contributed by atoms with Crippen LogP contribution in [0.25, 0.3) is 11.1 Å². The van der Waals surface area contributed by atoms with Crippen LogP contribution in [0.3, 0.4) is 0 Å². The zero-order valence-electron chi connectivity index (χ0n) is 19.8. The monoisotopic (exact) mass is 435 g/mol. The van der Waals surface area contributed by atoms with E-state index < -0.39 is 0 Å². The molecule has 1 saturated heterocycles. The first-order chi connectivity index (χ1) is 15.5. The lowest BCUT2D eigenvalue weighted by molar-refractivity contribution is -0.125. The van der Waals surface area contributed by atoms with Crippen molar-refractivity contribution in [2.45, 2.75) is 77.2 Å². The molecule has 0 spiro atoms. The van der Waals surface area contributed by atoms with Crippen LogP contribution in [0.2, 0.25) is 0 Å². The van der Waals surface area contributed by atoms with Crippen LogP contribution in [0.15, 0.2) is 30.7 Å². The highest BCUT2D eigenvalue weighted by molar-refractivity contribution is 5.81. The zero-order valence-corrected chi connectivity index (χ0v) is 19.8. The number of pyridine rings is 1. The Morgan fingerprint density at radius 3 is 2.44 bits per heavy atom. The van der Waals surface area contributed by atoms with Gasteiger partial charge in [0.1, 0.15) is 5.82 Å². The Hall–Kier alpha value is -2.34. The first-order valence-electron chi connectivity index (χ1n) is 12.3. The van der Waals surface area contributed by atoms with Crippen molar-refractivity contribution < 1.29 is 4.79 Å². The maximum Gasteiger partial charge on any atom is 0.237 e. The van der Waals surface area contributed by atoms with Crippen LogP contribution in [0.1, 0.15) is 82.7 Å². The summed E-state index contributed by atoms with van der Waals surface area (Å²) in [5.74, 6) is 2.41. The molecule has 32 heavy (non-hydrogen) atoms. The van der Waals surface area contributed by atoms with Crippen molar-refractivity contribution in [3.8, 4) is 11.1 Å². The third-order valence-corrected chi connectivity index (χ3v) is 7.21. The fraction of sp³-hybridized carbons (Fsp3) is 0.615. The molecule has 2 aromatic rings. The summed E-state index contributed by atoms with van der Waals surface area (Å²) >= 11 is 0. The first-order valence-corrected chi connectivity index (χ1v) is 12.3. The molecule has 1 N–H and O–H groups in total. The number of amides is 1. The topological polar surface area (TPSA) is 71.0 Å². The zero-order chi connectivity index (χ0) is 22.5. The Morgan fingerprint density at radius 2 is 1.78 bits per heavy atom. The molecule has 172 valence electrons. The van der Waals surface area contributed by atoms with Crippen LogP contribution in [0, 0.1) is 5.92 Å². The summed E-state index contributed by atoms with van der Waals surface area (Å²) in [6.07, 6.45) is 12.5. The van der Waals surface area contributed by atoms with E-state index in [4.69, 9.17) is 4.98 Å². The van der Waals surface area contributed by atoms with E-state index in [-0.39, 0.29) is 11.9 Å². The fourth-order valence-electron chi connectivity index (χ4n) is 5.08. The molecule has 0 unspecified atom stereocenters. The maximum atomic E-state index is 12.6. The summed E-state index contributed by atoms with van der Waals surface area (Å²) in [5.41, 5.74) is 3.45. The Kier molecular flexibility index (Phi) is 7.51. The number of likely N-dealkylation sites (tertiary alicyclic amines) is 1. The van der Waals surface area contributed by atoms with Gasteiger partial charge >= 0.3 is 0 Å². The van der Waals surface area contributed by atoms with Crippen LogP contribution in [0.4, 0.5) is 0 Å². The van der Waals surface area contributed by atoms with E-state index in [1.54, 1.807) is 0 Å². The number of carbonyl (C=O) groups is 1. The summed E-state index contributed by atoms with van der Waals surface area (Å²) in [5, 5.41) is 3.23. The van der Waals surface area contributed by atoms with E-state index in [0.29, 0.717) is 17.8 Å². The second kappa shape index (κ2) is 10.5. The van der Waals surface area contributed by atoms with Gasteiger partial charge < -0.3 is 5.32 Å². The second-order valence-electron chi connectivity index (χ2n) is 9.80. The van der Waals surface area contributed by atoms with Gasteiger partial charge in [-0.1, -0.05) is 13.8 Å². The summed E-state index contributed by atoms with van der Waals surface area (Å²) in [6.45, 7) is 9.23. The molecule has 1 amide bonds. The Labute approximate surface area is 192 Å². The lowest BCUT2D eigenvalue weighted by atomic mass is 9.79. The molecule has 6 heteroatoms. The molecule has 1 atom stereocenters. The van der Waals surface area contributed by atoms with Crippen LogP contribution >= 0.6 is 0 Å². The van der Waals surface area contributed by atoms with Gasteiger partial charge in [0.15, 0.2) is 0 Å². The van der Waals surface area contributed by atoms with Gasteiger partial charge in [-0.2, -0.15) is 0 Å². The van der Waals surface area contributed by atoms with Gasteiger partial charge in [-0.3, -0.25) is 14.7 Å². The minimum absolute atomic E-state index is 0.00719. The van der Waals surface area contributed by atoms with Gasteiger partial charge in [0.25, 0.3) is 0 Å². The van der Waals surface area contributed by atoms with Gasteiger partial charge in [-0.05, 0) is 82.2 Å². The number of carbonyl (C=O) groups excluding carboxylic acids is 1. The third kappa shape index (κ3) is 5.34. The molecule has 1 aliphatic heterocycles. The fourth-order valence-corrected chi connectivity index (χ4v) is 5.08. The molecule has 4 rings (SSSR count). The predicted molar refractivity (Wildman–Crippen MR) is 127 cm³/mol. The number of aromatic nitrogens is 3. The highest BCUT2D eigenvalue weighted by Crippen LogP contribution is 2.39. The molecule has 0 radical (unpaired) electrons. The maximum absolute atomic E-state index is 12.6. The van der Waals surface area contributed by atoms with Crippen molar-refractivity contribution in [3.05, 3.63) is 42.2 Å². The van der Waals surface area contributed by atoms with Crippen LogP contribution in [-0.2, 0) is 4.79 Å². The van der Waals surface area contributed by atoms with E-state index in [2.05, 4.69) is 34.0 Å². The minimum atomic E-state index is -0.00719. The highest BCUT2D eigenvalue weighted by atomic mass is 16.2. The van der Waals surface area contributed by atoms with Gasteiger partial charge in [-0.25, -0.2) is 9.97 Å². The van der Waals surface area contributed by atoms with E-state index in [9.17, 15) is 4.79 Å². The molecule has 0 aromatic carbocycles. The number of hydrogen-bond donors (Lipinski definition) is 1. The summed E-state index contributed by atoms with van der Waals surface area (Å²) in [4.78, 5) is 28.7. The van der Waals surface area contributed by atoms with Gasteiger partial charge in [0.2, 0.25) is 5.91 Å². The molecule has 1 aliphatic carbocycles. The van der Waals surface area contributed by atoms with Crippen molar-refractivity contribution in [1.29, 1.82) is 0 Å². The SMILES string of the molecule is CC(C)c1ncc(-c2ccncc2)c(C2CCC(CNC(=O)[C@@H](C)N3CCCC3)CC2)n1. The molecular weight excluding hydrogens is 398 g/mol. The first kappa shape index (κ1) is 22.8. The van der Waals surface area contributed by atoms with Gasteiger partial charge in [0, 0.05) is 42.5 Å². The van der Waals surface area contributed by atoms with Crippen molar-refractivity contribution >= 4 is 5.91 Å². The Bertz CT molecular complexity index is 886. The standard InChI is InChI=1S/C26H37N5O/c1-18(2)25-28-17-23(21-10-12-27-13-11-21)24(30-25)22-8-6-20(7-9-22)16-29-26(32)19(3)31-14-4-5-15-31/h10-13,17-20,22H,4-9,14-16H2,1-3H3,(H,29,32)/t19-,20?,22?/m1/s1. The number of nitrogens with zero attached hydrogens (tertiary/aromatic N) is 4. The normalized spacial score (nSPS) is 22.8. The minimum Gasteiger partial charge on any atom is -0.354 e. The molecular formula is C26H37N5O. The molecule has 2 aromatic heterocycles. The summed E-state index contributed by atoms with van der Waals surface area (Å²) < 4.78 is 0. The third-order valence-electron chi connectivity index (χ3n) is 7.21. The smallest absolute Gasteiger partial charge is 0.237 e. The summed E-state index contributed by atoms with van der Waals surface area (Å²) in [6, 6.07) is 4.08. The molecule has 1 saturated carbocycles. The largest absolute Gasteiger partial charge is 0.354 e. The van der Waals surface area contributed by atoms with Crippen LogP contribution in [-0.4, -0.2) is 51.4 Å². The van der Waals surface area contributed by atoms with E-state index in [0.717, 1.165) is 62.3 Å². The molecule has 2 fully saturated rings. The van der Waals surface area contributed by atoms with Crippen LogP contribution in [0.5, 0.6) is 0 Å². The van der Waals surface area contributed by atoms with E-state index in [1.165, 1.54) is 18.5 Å². The molecule has 2 aliphatic rings. The number of hydrogen-bond acceptors (Lipinski definition) is 5. The molecule has 3 heterocycles. The molecule has 6 nitrogen and oxygen atoms in total. The van der Waals surface area contributed by atoms with E-state index >= 15 is 0 Å². The summed E-state index contributed by atoms with van der Waals surface area (Å²) in [7, 11) is 0. The van der Waals surface area contributed by atoms with Crippen molar-refractivity contribution in [2.75, 3.05) is 19.6 Å². The quantitative estimate of drug-likeness (QED) is 0.691.